The first-order chi connectivity index (χ1) is 13.2. The van der Waals surface area contributed by atoms with E-state index in [1.807, 2.05) is 44.2 Å². The van der Waals surface area contributed by atoms with Crippen LogP contribution < -0.4 is 5.32 Å². The molecule has 0 aliphatic rings. The molecule has 0 aliphatic carbocycles. The number of rotatable bonds is 6. The third-order valence-electron chi connectivity index (χ3n) is 3.99. The van der Waals surface area contributed by atoms with Gasteiger partial charge in [-0.1, -0.05) is 49.3 Å². The van der Waals surface area contributed by atoms with E-state index >= 15 is 0 Å². The molecule has 0 saturated carbocycles. The molecule has 136 valence electrons. The Labute approximate surface area is 161 Å². The Morgan fingerprint density at radius 2 is 1.93 bits per heavy atom. The fraction of sp³-hybridized carbons (Fsp3) is 0.200. The summed E-state index contributed by atoms with van der Waals surface area (Å²) in [5, 5.41) is 10.4. The maximum absolute atomic E-state index is 5.35. The van der Waals surface area contributed by atoms with Crippen molar-refractivity contribution in [1.29, 1.82) is 0 Å². The number of benzene rings is 1. The van der Waals surface area contributed by atoms with Crippen molar-refractivity contribution < 1.29 is 4.52 Å². The second-order valence-corrected chi connectivity index (χ2v) is 7.26. The molecule has 1 aromatic carbocycles. The summed E-state index contributed by atoms with van der Waals surface area (Å²) >= 11 is 1.64. The molecule has 1 N–H and O–H groups in total. The van der Waals surface area contributed by atoms with Gasteiger partial charge in [0.15, 0.2) is 5.82 Å². The summed E-state index contributed by atoms with van der Waals surface area (Å²) in [6.07, 6.45) is 1.73. The minimum absolute atomic E-state index is 0.227. The Morgan fingerprint density at radius 3 is 2.70 bits per heavy atom. The van der Waals surface area contributed by atoms with Crippen LogP contribution in [0, 0.1) is 0 Å². The normalized spacial score (nSPS) is 11.1. The second-order valence-electron chi connectivity index (χ2n) is 6.41. The van der Waals surface area contributed by atoms with Crippen molar-refractivity contribution in [3.8, 4) is 22.0 Å². The van der Waals surface area contributed by atoms with Crippen LogP contribution in [0.2, 0.25) is 0 Å². The molecule has 3 heterocycles. The summed E-state index contributed by atoms with van der Waals surface area (Å²) < 4.78 is 5.35. The van der Waals surface area contributed by atoms with E-state index in [0.29, 0.717) is 18.3 Å². The van der Waals surface area contributed by atoms with Gasteiger partial charge in [-0.2, -0.15) is 4.98 Å². The number of nitrogens with zero attached hydrogens (tertiary/aromatic N) is 4. The van der Waals surface area contributed by atoms with E-state index in [4.69, 9.17) is 4.52 Å². The van der Waals surface area contributed by atoms with Crippen LogP contribution in [0.25, 0.3) is 22.0 Å². The molecule has 0 aliphatic heterocycles. The zero-order valence-corrected chi connectivity index (χ0v) is 15.9. The van der Waals surface area contributed by atoms with Crippen molar-refractivity contribution in [2.45, 2.75) is 26.3 Å². The highest BCUT2D eigenvalue weighted by atomic mass is 32.1. The van der Waals surface area contributed by atoms with Gasteiger partial charge in [0.1, 0.15) is 10.8 Å². The molecule has 0 amide bonds. The summed E-state index contributed by atoms with van der Waals surface area (Å²) in [7, 11) is 0. The van der Waals surface area contributed by atoms with Crippen molar-refractivity contribution in [2.75, 3.05) is 5.32 Å². The van der Waals surface area contributed by atoms with E-state index in [-0.39, 0.29) is 5.92 Å². The summed E-state index contributed by atoms with van der Waals surface area (Å²) in [4.78, 5) is 13.5. The molecular formula is C20H19N5OS. The third kappa shape index (κ3) is 4.03. The summed E-state index contributed by atoms with van der Waals surface area (Å²) in [6.45, 7) is 4.66. The number of hydrogen-bond donors (Lipinski definition) is 1. The average molecular weight is 377 g/mol. The smallest absolute Gasteiger partial charge is 0.258 e. The maximum Gasteiger partial charge on any atom is 0.258 e. The van der Waals surface area contributed by atoms with E-state index in [1.54, 1.807) is 17.5 Å². The highest BCUT2D eigenvalue weighted by Crippen LogP contribution is 2.24. The Balaban J connectivity index is 1.45. The number of aromatic nitrogens is 4. The lowest BCUT2D eigenvalue weighted by molar-refractivity contribution is 0.419. The predicted octanol–water partition coefficient (Wildman–Crippen LogP) is 4.99. The first kappa shape index (κ1) is 17.4. The number of anilines is 1. The molecule has 0 fully saturated rings. The zero-order valence-electron chi connectivity index (χ0n) is 15.1. The molecule has 0 unspecified atom stereocenters. The standard InChI is InChI=1S/C20H19N5OS/c1-13(2)18-24-19(26-25-18)15-8-9-21-17(10-15)22-11-16-12-27-20(23-16)14-6-4-3-5-7-14/h3-10,12-13H,11H2,1-2H3,(H,21,22). The van der Waals surface area contributed by atoms with Crippen molar-refractivity contribution >= 4 is 17.2 Å². The van der Waals surface area contributed by atoms with E-state index in [1.165, 1.54) is 0 Å². The number of hydrogen-bond acceptors (Lipinski definition) is 7. The van der Waals surface area contributed by atoms with Crippen LogP contribution in [0.4, 0.5) is 5.82 Å². The lowest BCUT2D eigenvalue weighted by Gasteiger charge is -2.04. The Bertz CT molecular complexity index is 1030. The van der Waals surface area contributed by atoms with Gasteiger partial charge < -0.3 is 9.84 Å². The van der Waals surface area contributed by atoms with Gasteiger partial charge >= 0.3 is 0 Å². The maximum atomic E-state index is 5.35. The van der Waals surface area contributed by atoms with E-state index in [2.05, 4.69) is 42.9 Å². The summed E-state index contributed by atoms with van der Waals surface area (Å²) in [6, 6.07) is 13.9. The molecule has 27 heavy (non-hydrogen) atoms. The van der Waals surface area contributed by atoms with E-state index in [0.717, 1.165) is 27.6 Å². The van der Waals surface area contributed by atoms with Crippen LogP contribution in [-0.4, -0.2) is 20.1 Å². The van der Waals surface area contributed by atoms with Crippen LogP contribution >= 0.6 is 11.3 Å². The molecule has 0 atom stereocenters. The molecule has 6 nitrogen and oxygen atoms in total. The quantitative estimate of drug-likeness (QED) is 0.510. The number of nitrogens with one attached hydrogen (secondary N) is 1. The minimum atomic E-state index is 0.227. The van der Waals surface area contributed by atoms with Gasteiger partial charge in [0.05, 0.1) is 12.2 Å². The topological polar surface area (TPSA) is 76.7 Å². The van der Waals surface area contributed by atoms with Gasteiger partial charge in [0, 0.05) is 28.6 Å². The van der Waals surface area contributed by atoms with Crippen molar-refractivity contribution in [2.24, 2.45) is 0 Å². The average Bonchev–Trinajstić information content (AvgIpc) is 3.37. The summed E-state index contributed by atoms with van der Waals surface area (Å²) in [5.41, 5.74) is 2.95. The van der Waals surface area contributed by atoms with Gasteiger partial charge in [-0.3, -0.25) is 0 Å². The Hall–Kier alpha value is -3.06. The Morgan fingerprint density at radius 1 is 1.07 bits per heavy atom. The van der Waals surface area contributed by atoms with Crippen LogP contribution in [0.3, 0.4) is 0 Å². The van der Waals surface area contributed by atoms with Crippen molar-refractivity contribution in [3.63, 3.8) is 0 Å². The molecule has 0 bridgehead atoms. The van der Waals surface area contributed by atoms with E-state index in [9.17, 15) is 0 Å². The second kappa shape index (κ2) is 7.67. The van der Waals surface area contributed by atoms with E-state index < -0.39 is 0 Å². The fourth-order valence-corrected chi connectivity index (χ4v) is 3.36. The molecule has 4 rings (SSSR count). The number of pyridine rings is 1. The van der Waals surface area contributed by atoms with Crippen LogP contribution in [0.15, 0.2) is 58.6 Å². The first-order valence-corrected chi connectivity index (χ1v) is 9.61. The lowest BCUT2D eigenvalue weighted by Crippen LogP contribution is -2.01. The van der Waals surface area contributed by atoms with Crippen LogP contribution in [-0.2, 0) is 6.54 Å². The zero-order chi connectivity index (χ0) is 18.6. The Kier molecular flexibility index (Phi) is 4.93. The highest BCUT2D eigenvalue weighted by Gasteiger charge is 2.12. The monoisotopic (exact) mass is 377 g/mol. The van der Waals surface area contributed by atoms with Gasteiger partial charge in [0.25, 0.3) is 5.89 Å². The van der Waals surface area contributed by atoms with Crippen molar-refractivity contribution in [3.05, 3.63) is 65.6 Å². The third-order valence-corrected chi connectivity index (χ3v) is 4.93. The van der Waals surface area contributed by atoms with Crippen molar-refractivity contribution in [1.82, 2.24) is 20.1 Å². The largest absolute Gasteiger partial charge is 0.364 e. The fourth-order valence-electron chi connectivity index (χ4n) is 2.53. The molecule has 0 radical (unpaired) electrons. The van der Waals surface area contributed by atoms with Gasteiger partial charge in [-0.15, -0.1) is 11.3 Å². The van der Waals surface area contributed by atoms with Crippen LogP contribution in [0.1, 0.15) is 31.3 Å². The van der Waals surface area contributed by atoms with Gasteiger partial charge in [-0.05, 0) is 12.1 Å². The molecule has 3 aromatic heterocycles. The molecule has 7 heteroatoms. The SMILES string of the molecule is CC(C)c1noc(-c2ccnc(NCc3csc(-c4ccccc4)n3)c2)n1. The van der Waals surface area contributed by atoms with Gasteiger partial charge in [-0.25, -0.2) is 9.97 Å². The minimum Gasteiger partial charge on any atom is -0.364 e. The highest BCUT2D eigenvalue weighted by molar-refractivity contribution is 7.13. The molecule has 0 spiro atoms. The van der Waals surface area contributed by atoms with Gasteiger partial charge in [0.2, 0.25) is 0 Å². The first-order valence-electron chi connectivity index (χ1n) is 8.73. The molecule has 0 saturated heterocycles. The number of thiazole rings is 1. The molecule has 4 aromatic rings. The predicted molar refractivity (Wildman–Crippen MR) is 106 cm³/mol. The summed E-state index contributed by atoms with van der Waals surface area (Å²) in [5.74, 6) is 2.17. The lowest BCUT2D eigenvalue weighted by atomic mass is 10.2. The van der Waals surface area contributed by atoms with Crippen LogP contribution in [0.5, 0.6) is 0 Å². The molecular weight excluding hydrogens is 358 g/mol.